The molecular formula is C23H21ClFN5O. The first kappa shape index (κ1) is 20.8. The van der Waals surface area contributed by atoms with Crippen molar-refractivity contribution in [3.05, 3.63) is 87.4 Å². The van der Waals surface area contributed by atoms with E-state index in [-0.39, 0.29) is 16.5 Å². The molecule has 0 radical (unpaired) electrons. The second kappa shape index (κ2) is 8.35. The van der Waals surface area contributed by atoms with Gasteiger partial charge in [-0.15, -0.1) is 0 Å². The van der Waals surface area contributed by atoms with Crippen molar-refractivity contribution >= 4 is 23.3 Å². The monoisotopic (exact) mass is 437 g/mol. The fourth-order valence-electron chi connectivity index (χ4n) is 3.52. The zero-order chi connectivity index (χ0) is 22.1. The molecular weight excluding hydrogens is 417 g/mol. The van der Waals surface area contributed by atoms with Gasteiger partial charge in [-0.3, -0.25) is 9.89 Å². The summed E-state index contributed by atoms with van der Waals surface area (Å²) in [5.41, 5.74) is 5.68. The van der Waals surface area contributed by atoms with Crippen LogP contribution in [0.5, 0.6) is 0 Å². The molecule has 0 saturated heterocycles. The van der Waals surface area contributed by atoms with Gasteiger partial charge < -0.3 is 5.32 Å². The number of hydrogen-bond donors (Lipinski definition) is 2. The zero-order valence-electron chi connectivity index (χ0n) is 17.3. The molecule has 158 valence electrons. The van der Waals surface area contributed by atoms with Crippen molar-refractivity contribution in [3.8, 4) is 11.3 Å². The highest BCUT2D eigenvalue weighted by atomic mass is 35.5. The van der Waals surface area contributed by atoms with E-state index in [9.17, 15) is 9.18 Å². The predicted molar refractivity (Wildman–Crippen MR) is 119 cm³/mol. The Morgan fingerprint density at radius 2 is 1.77 bits per heavy atom. The van der Waals surface area contributed by atoms with Gasteiger partial charge in [0.05, 0.1) is 23.5 Å². The van der Waals surface area contributed by atoms with Crippen LogP contribution in [0.25, 0.3) is 11.3 Å². The van der Waals surface area contributed by atoms with Crippen molar-refractivity contribution in [1.82, 2.24) is 20.0 Å². The molecule has 2 heterocycles. The number of aryl methyl sites for hydroxylation is 3. The van der Waals surface area contributed by atoms with E-state index in [1.165, 1.54) is 16.8 Å². The minimum absolute atomic E-state index is 0.212. The number of carbonyl (C=O) groups excluding carboxylic acids is 1. The number of aromatic amines is 1. The van der Waals surface area contributed by atoms with E-state index >= 15 is 0 Å². The zero-order valence-corrected chi connectivity index (χ0v) is 18.1. The van der Waals surface area contributed by atoms with Gasteiger partial charge in [0, 0.05) is 11.6 Å². The van der Waals surface area contributed by atoms with Gasteiger partial charge in [0.1, 0.15) is 11.0 Å². The summed E-state index contributed by atoms with van der Waals surface area (Å²) in [7, 11) is 0. The number of hydrogen-bond acceptors (Lipinski definition) is 3. The Bertz CT molecular complexity index is 1240. The second-order valence-electron chi connectivity index (χ2n) is 7.53. The number of carbonyl (C=O) groups is 1. The summed E-state index contributed by atoms with van der Waals surface area (Å²) in [5, 5.41) is 14.5. The molecule has 0 saturated carbocycles. The normalized spacial score (nSPS) is 11.0. The average molecular weight is 438 g/mol. The van der Waals surface area contributed by atoms with Gasteiger partial charge in [-0.05, 0) is 50.6 Å². The molecule has 0 aliphatic carbocycles. The van der Waals surface area contributed by atoms with E-state index in [0.29, 0.717) is 18.1 Å². The van der Waals surface area contributed by atoms with E-state index in [0.717, 1.165) is 27.9 Å². The number of amides is 1. The van der Waals surface area contributed by atoms with Crippen molar-refractivity contribution < 1.29 is 9.18 Å². The Morgan fingerprint density at radius 1 is 1.10 bits per heavy atom. The van der Waals surface area contributed by atoms with Crippen LogP contribution >= 0.6 is 11.6 Å². The minimum atomic E-state index is -0.397. The summed E-state index contributed by atoms with van der Waals surface area (Å²) in [6.45, 7) is 6.10. The van der Waals surface area contributed by atoms with E-state index in [1.54, 1.807) is 25.1 Å². The van der Waals surface area contributed by atoms with Gasteiger partial charge >= 0.3 is 0 Å². The van der Waals surface area contributed by atoms with E-state index in [2.05, 4.69) is 26.7 Å². The number of nitrogens with zero attached hydrogens (tertiary/aromatic N) is 3. The van der Waals surface area contributed by atoms with E-state index in [1.807, 2.05) is 26.0 Å². The van der Waals surface area contributed by atoms with Crippen molar-refractivity contribution in [1.29, 1.82) is 0 Å². The lowest BCUT2D eigenvalue weighted by molar-refractivity contribution is 0.102. The third kappa shape index (κ3) is 4.51. The summed E-state index contributed by atoms with van der Waals surface area (Å²) >= 11 is 6.45. The standard InChI is InChI=1S/C23H21ClFN5O/c1-13-8-14(2)10-17(9-13)19-11-20(28-27-19)26-23(31)21-15(3)29-30(22(21)24)12-16-4-6-18(25)7-5-16/h4-11H,12H2,1-3H3,(H2,26,27,28,31). The number of rotatable bonds is 5. The molecule has 4 rings (SSSR count). The Balaban J connectivity index is 1.53. The summed E-state index contributed by atoms with van der Waals surface area (Å²) in [5.74, 6) is -0.321. The van der Waals surface area contributed by atoms with E-state index in [4.69, 9.17) is 11.6 Å². The highest BCUT2D eigenvalue weighted by Gasteiger charge is 2.21. The Morgan fingerprint density at radius 3 is 2.45 bits per heavy atom. The molecule has 0 aliphatic rings. The van der Waals surface area contributed by atoms with E-state index < -0.39 is 5.91 Å². The summed E-state index contributed by atoms with van der Waals surface area (Å²) in [6, 6.07) is 14.0. The van der Waals surface area contributed by atoms with Gasteiger partial charge in [0.15, 0.2) is 5.82 Å². The number of aromatic nitrogens is 4. The van der Waals surface area contributed by atoms with Crippen molar-refractivity contribution in [2.45, 2.75) is 27.3 Å². The number of benzene rings is 2. The lowest BCUT2D eigenvalue weighted by atomic mass is 10.1. The van der Waals surface area contributed by atoms with Crippen LogP contribution in [-0.2, 0) is 6.54 Å². The van der Waals surface area contributed by atoms with Crippen LogP contribution < -0.4 is 5.32 Å². The molecule has 1 amide bonds. The largest absolute Gasteiger partial charge is 0.305 e. The quantitative estimate of drug-likeness (QED) is 0.445. The average Bonchev–Trinajstić information content (AvgIpc) is 3.27. The SMILES string of the molecule is Cc1cc(C)cc(-c2cc(NC(=O)c3c(C)nn(Cc4ccc(F)cc4)c3Cl)n[nH]2)c1. The number of anilines is 1. The van der Waals surface area contributed by atoms with Crippen LogP contribution in [0.3, 0.4) is 0 Å². The maximum atomic E-state index is 13.1. The maximum Gasteiger partial charge on any atom is 0.261 e. The molecule has 6 nitrogen and oxygen atoms in total. The second-order valence-corrected chi connectivity index (χ2v) is 7.89. The smallest absolute Gasteiger partial charge is 0.261 e. The van der Waals surface area contributed by atoms with Crippen LogP contribution in [0.1, 0.15) is 32.7 Å². The molecule has 2 aromatic heterocycles. The molecule has 2 N–H and O–H groups in total. The van der Waals surface area contributed by atoms with Gasteiger partial charge in [0.25, 0.3) is 5.91 Å². The van der Waals surface area contributed by atoms with Crippen molar-refractivity contribution in [2.75, 3.05) is 5.32 Å². The van der Waals surface area contributed by atoms with Crippen LogP contribution in [0.2, 0.25) is 5.15 Å². The first-order chi connectivity index (χ1) is 14.8. The van der Waals surface area contributed by atoms with Crippen LogP contribution in [0, 0.1) is 26.6 Å². The van der Waals surface area contributed by atoms with Gasteiger partial charge in [-0.1, -0.05) is 40.9 Å². The summed E-state index contributed by atoms with van der Waals surface area (Å²) < 4.78 is 14.6. The number of nitrogens with one attached hydrogen (secondary N) is 2. The third-order valence-corrected chi connectivity index (χ3v) is 5.27. The highest BCUT2D eigenvalue weighted by molar-refractivity contribution is 6.33. The number of H-pyrrole nitrogens is 1. The predicted octanol–water partition coefficient (Wildman–Crippen LogP) is 5.29. The van der Waals surface area contributed by atoms with Crippen molar-refractivity contribution in [2.24, 2.45) is 0 Å². The molecule has 0 fully saturated rings. The Labute approximate surface area is 184 Å². The highest BCUT2D eigenvalue weighted by Crippen LogP contribution is 2.25. The Kier molecular flexibility index (Phi) is 5.61. The first-order valence-electron chi connectivity index (χ1n) is 9.73. The minimum Gasteiger partial charge on any atom is -0.305 e. The molecule has 8 heteroatoms. The molecule has 0 aliphatic heterocycles. The fourth-order valence-corrected chi connectivity index (χ4v) is 3.84. The molecule has 0 bridgehead atoms. The van der Waals surface area contributed by atoms with Gasteiger partial charge in [0.2, 0.25) is 0 Å². The molecule has 0 unspecified atom stereocenters. The topological polar surface area (TPSA) is 75.6 Å². The first-order valence-corrected chi connectivity index (χ1v) is 10.1. The summed E-state index contributed by atoms with van der Waals surface area (Å²) in [6.07, 6.45) is 0. The molecule has 4 aromatic rings. The number of halogens is 2. The molecule has 0 spiro atoms. The van der Waals surface area contributed by atoms with Crippen molar-refractivity contribution in [3.63, 3.8) is 0 Å². The summed E-state index contributed by atoms with van der Waals surface area (Å²) in [4.78, 5) is 12.9. The molecule has 31 heavy (non-hydrogen) atoms. The molecule has 0 atom stereocenters. The lowest BCUT2D eigenvalue weighted by Crippen LogP contribution is -2.13. The van der Waals surface area contributed by atoms with Crippen LogP contribution in [0.15, 0.2) is 48.5 Å². The van der Waals surface area contributed by atoms with Crippen LogP contribution in [-0.4, -0.2) is 25.9 Å². The lowest BCUT2D eigenvalue weighted by Gasteiger charge is -2.04. The Hall–Kier alpha value is -3.45. The van der Waals surface area contributed by atoms with Gasteiger partial charge in [-0.2, -0.15) is 10.2 Å². The van der Waals surface area contributed by atoms with Crippen LogP contribution in [0.4, 0.5) is 10.2 Å². The maximum absolute atomic E-state index is 13.1. The fraction of sp³-hybridized carbons (Fsp3) is 0.174. The molecule has 2 aromatic carbocycles. The third-order valence-electron chi connectivity index (χ3n) is 4.89. The van der Waals surface area contributed by atoms with Gasteiger partial charge in [-0.25, -0.2) is 9.07 Å².